The molecule has 1 aliphatic rings. The van der Waals surface area contributed by atoms with Gasteiger partial charge in [-0.2, -0.15) is 0 Å². The largest absolute Gasteiger partial charge is 0.106 e. The second-order valence-electron chi connectivity index (χ2n) is 4.15. The van der Waals surface area contributed by atoms with E-state index in [9.17, 15) is 0 Å². The van der Waals surface area contributed by atoms with Gasteiger partial charge in [0.15, 0.2) is 0 Å². The van der Waals surface area contributed by atoms with Crippen LogP contribution in [0.25, 0.3) is 0 Å². The molecule has 0 aliphatic heterocycles. The van der Waals surface area contributed by atoms with Gasteiger partial charge < -0.3 is 0 Å². The first-order valence-electron chi connectivity index (χ1n) is 4.90. The van der Waals surface area contributed by atoms with Crippen molar-refractivity contribution >= 4 is 0 Å². The lowest BCUT2D eigenvalue weighted by Crippen LogP contribution is -2.21. The van der Waals surface area contributed by atoms with Crippen LogP contribution in [-0.2, 0) is 0 Å². The van der Waals surface area contributed by atoms with E-state index in [1.54, 1.807) is 0 Å². The van der Waals surface area contributed by atoms with Crippen molar-refractivity contribution in [1.82, 2.24) is 0 Å². The van der Waals surface area contributed by atoms with Crippen LogP contribution in [0.4, 0.5) is 0 Å². The van der Waals surface area contributed by atoms with Crippen molar-refractivity contribution in [2.24, 2.45) is 11.3 Å². The van der Waals surface area contributed by atoms with Crippen molar-refractivity contribution in [2.45, 2.75) is 34.1 Å². The summed E-state index contributed by atoms with van der Waals surface area (Å²) in [5.41, 5.74) is 1.81. The van der Waals surface area contributed by atoms with Crippen LogP contribution in [-0.4, -0.2) is 0 Å². The molecule has 1 unspecified atom stereocenters. The zero-order valence-corrected chi connectivity index (χ0v) is 9.43. The molecule has 0 N–H and O–H groups in total. The van der Waals surface area contributed by atoms with Gasteiger partial charge in [-0.1, -0.05) is 44.6 Å². The fourth-order valence-corrected chi connectivity index (χ4v) is 1.27. The van der Waals surface area contributed by atoms with E-state index in [0.717, 1.165) is 5.92 Å². The summed E-state index contributed by atoms with van der Waals surface area (Å²) in [5, 5.41) is 0. The molecule has 1 atom stereocenters. The van der Waals surface area contributed by atoms with E-state index < -0.39 is 0 Å². The molecule has 0 heteroatoms. The lowest BCUT2D eigenvalue weighted by molar-refractivity contribution is 0.298. The average Bonchev–Trinajstić information content (AvgIpc) is 2.14. The van der Waals surface area contributed by atoms with Crippen LogP contribution in [0.2, 0.25) is 0 Å². The zero-order valence-electron chi connectivity index (χ0n) is 9.43. The third-order valence-corrected chi connectivity index (χ3v) is 2.91. The van der Waals surface area contributed by atoms with Crippen molar-refractivity contribution in [3.63, 3.8) is 0 Å². The van der Waals surface area contributed by atoms with Gasteiger partial charge in [0, 0.05) is 0 Å². The highest BCUT2D eigenvalue weighted by molar-refractivity contribution is 5.24. The molecule has 1 aliphatic carbocycles. The molecule has 0 fully saturated rings. The average molecular weight is 178 g/mol. The Morgan fingerprint density at radius 2 is 1.92 bits per heavy atom. The Bertz CT molecular complexity index is 208. The summed E-state index contributed by atoms with van der Waals surface area (Å²) in [6, 6.07) is 0. The van der Waals surface area contributed by atoms with Crippen molar-refractivity contribution in [2.75, 3.05) is 0 Å². The van der Waals surface area contributed by atoms with Crippen LogP contribution in [0, 0.1) is 11.3 Å². The number of rotatable bonds is 1. The Hall–Kier alpha value is -0.780. The van der Waals surface area contributed by atoms with Crippen LogP contribution in [0.5, 0.6) is 0 Å². The third kappa shape index (κ3) is 3.22. The summed E-state index contributed by atoms with van der Waals surface area (Å²) in [7, 11) is 0. The molecule has 0 saturated carbocycles. The normalized spacial score (nSPS) is 26.4. The molecule has 0 aromatic carbocycles. The van der Waals surface area contributed by atoms with Gasteiger partial charge in [0.2, 0.25) is 0 Å². The number of hydrogen-bond donors (Lipinski definition) is 0. The summed E-state index contributed by atoms with van der Waals surface area (Å²) < 4.78 is 0. The van der Waals surface area contributed by atoms with Gasteiger partial charge in [-0.05, 0) is 24.7 Å². The summed E-state index contributed by atoms with van der Waals surface area (Å²) >= 11 is 0. The predicted octanol–water partition coefficient (Wildman–Crippen LogP) is 4.36. The molecule has 74 valence electrons. The van der Waals surface area contributed by atoms with Gasteiger partial charge >= 0.3 is 0 Å². The van der Waals surface area contributed by atoms with E-state index in [0.29, 0.717) is 5.41 Å². The Balaban J connectivity index is 0.000000671. The van der Waals surface area contributed by atoms with Gasteiger partial charge in [-0.25, -0.2) is 0 Å². The van der Waals surface area contributed by atoms with Crippen molar-refractivity contribution in [3.8, 4) is 0 Å². The van der Waals surface area contributed by atoms with Crippen LogP contribution in [0.1, 0.15) is 34.1 Å². The maximum Gasteiger partial charge on any atom is -0.00857 e. The van der Waals surface area contributed by atoms with Gasteiger partial charge in [0.25, 0.3) is 0 Å². The molecule has 0 bridgehead atoms. The van der Waals surface area contributed by atoms with Crippen molar-refractivity contribution in [1.29, 1.82) is 0 Å². The molecular weight excluding hydrogens is 156 g/mol. The highest BCUT2D eigenvalue weighted by Gasteiger charge is 2.25. The van der Waals surface area contributed by atoms with E-state index in [2.05, 4.69) is 59.1 Å². The number of hydrogen-bond acceptors (Lipinski definition) is 0. The fourth-order valence-electron chi connectivity index (χ4n) is 1.27. The van der Waals surface area contributed by atoms with E-state index in [1.165, 1.54) is 12.0 Å². The first-order valence-corrected chi connectivity index (χ1v) is 4.90. The van der Waals surface area contributed by atoms with Gasteiger partial charge in [-0.15, -0.1) is 13.2 Å². The maximum atomic E-state index is 3.00. The molecule has 0 amide bonds. The molecule has 0 saturated heterocycles. The summed E-state index contributed by atoms with van der Waals surface area (Å²) in [5.74, 6) is 0.739. The minimum absolute atomic E-state index is 0.402. The Morgan fingerprint density at radius 3 is 2.23 bits per heavy atom. The topological polar surface area (TPSA) is 0 Å². The molecule has 0 aromatic heterocycles. The van der Waals surface area contributed by atoms with E-state index in [4.69, 9.17) is 0 Å². The van der Waals surface area contributed by atoms with Crippen molar-refractivity contribution < 1.29 is 0 Å². The van der Waals surface area contributed by atoms with Crippen molar-refractivity contribution in [3.05, 3.63) is 37.0 Å². The highest BCUT2D eigenvalue weighted by Crippen LogP contribution is 2.36. The monoisotopic (exact) mass is 178 g/mol. The minimum atomic E-state index is 0.402. The van der Waals surface area contributed by atoms with E-state index in [-0.39, 0.29) is 0 Å². The maximum absolute atomic E-state index is 3.00. The second-order valence-corrected chi connectivity index (χ2v) is 4.15. The first-order chi connectivity index (χ1) is 6.04. The minimum Gasteiger partial charge on any atom is -0.106 e. The summed E-state index contributed by atoms with van der Waals surface area (Å²) in [6.07, 6.45) is 8.13. The van der Waals surface area contributed by atoms with E-state index >= 15 is 0 Å². The van der Waals surface area contributed by atoms with Gasteiger partial charge in [0.05, 0.1) is 0 Å². The predicted molar refractivity (Wildman–Crippen MR) is 61.7 cm³/mol. The number of allylic oxidation sites excluding steroid dienone is 4. The smallest absolute Gasteiger partial charge is 0.00857 e. The van der Waals surface area contributed by atoms with Gasteiger partial charge in [-0.3, -0.25) is 0 Å². The molecule has 0 spiro atoms. The van der Waals surface area contributed by atoms with Crippen LogP contribution in [0.15, 0.2) is 37.0 Å². The second kappa shape index (κ2) is 5.06. The zero-order chi connectivity index (χ0) is 10.5. The quantitative estimate of drug-likeness (QED) is 0.523. The molecule has 0 nitrogen and oxygen atoms in total. The Labute approximate surface area is 83.0 Å². The summed E-state index contributed by atoms with van der Waals surface area (Å²) in [6.45, 7) is 15.1. The third-order valence-electron chi connectivity index (χ3n) is 2.91. The highest BCUT2D eigenvalue weighted by atomic mass is 14.3. The lowest BCUT2D eigenvalue weighted by Gasteiger charge is -2.31. The SMILES string of the molecule is C=C.CC1=CCC(C)(C(C)C)C=C1. The van der Waals surface area contributed by atoms with Crippen LogP contribution in [0.3, 0.4) is 0 Å². The molecular formula is C13H22. The van der Waals surface area contributed by atoms with Crippen LogP contribution >= 0.6 is 0 Å². The van der Waals surface area contributed by atoms with Gasteiger partial charge in [0.1, 0.15) is 0 Å². The van der Waals surface area contributed by atoms with Crippen LogP contribution < -0.4 is 0 Å². The Kier molecular flexibility index (Phi) is 4.76. The standard InChI is InChI=1S/C11H18.C2H4/c1-9(2)11(4)7-5-10(3)6-8-11;1-2/h5-7,9H,8H2,1-4H3;1-2H2. The molecule has 1 rings (SSSR count). The molecule has 13 heavy (non-hydrogen) atoms. The lowest BCUT2D eigenvalue weighted by atomic mass is 9.73. The Morgan fingerprint density at radius 1 is 1.38 bits per heavy atom. The molecule has 0 aromatic rings. The summed E-state index contributed by atoms with van der Waals surface area (Å²) in [4.78, 5) is 0. The fraction of sp³-hybridized carbons (Fsp3) is 0.538. The molecule has 0 heterocycles. The molecule has 0 radical (unpaired) electrons. The van der Waals surface area contributed by atoms with E-state index in [1.807, 2.05) is 0 Å². The first kappa shape index (κ1) is 12.2.